The molecule has 0 bridgehead atoms. The van der Waals surface area contributed by atoms with E-state index in [1.165, 1.54) is 6.07 Å². The number of carbonyl (C=O) groups excluding carboxylic acids is 5. The summed E-state index contributed by atoms with van der Waals surface area (Å²) in [5.74, 6) is -2.75. The van der Waals surface area contributed by atoms with Crippen LogP contribution in [0.2, 0.25) is 0 Å². The Hall–Kier alpha value is -4.70. The third-order valence-corrected chi connectivity index (χ3v) is 10.3. The molecule has 3 fully saturated rings. The Morgan fingerprint density at radius 3 is 2.17 bits per heavy atom. The molecule has 0 aromatic heterocycles. The largest absolute Gasteiger partial charge is 0.339 e. The lowest BCUT2D eigenvalue weighted by molar-refractivity contribution is -0.136. The maximum absolute atomic E-state index is 14.2. The molecule has 1 atom stereocenters. The van der Waals surface area contributed by atoms with Gasteiger partial charge in [0.25, 0.3) is 17.7 Å². The highest BCUT2D eigenvalue weighted by molar-refractivity contribution is 6.25. The molecule has 0 aliphatic carbocycles. The second-order valence-corrected chi connectivity index (χ2v) is 12.9. The minimum Gasteiger partial charge on any atom is -0.339 e. The molecule has 3 aromatic carbocycles. The summed E-state index contributed by atoms with van der Waals surface area (Å²) in [5, 5.41) is 2.24. The topological polar surface area (TPSA) is 107 Å². The molecular formula is C36H35FN4O5. The van der Waals surface area contributed by atoms with Gasteiger partial charge in [0, 0.05) is 26.1 Å². The molecule has 236 valence electrons. The number of nitrogens with one attached hydrogen (secondary N) is 1. The predicted molar refractivity (Wildman–Crippen MR) is 167 cm³/mol. The molecule has 1 unspecified atom stereocenters. The number of hydrogen-bond donors (Lipinski definition) is 1. The van der Waals surface area contributed by atoms with Gasteiger partial charge < -0.3 is 4.90 Å². The summed E-state index contributed by atoms with van der Waals surface area (Å²) >= 11 is 0. The smallest absolute Gasteiger partial charge is 0.262 e. The van der Waals surface area contributed by atoms with Gasteiger partial charge in [-0.05, 0) is 85.5 Å². The van der Waals surface area contributed by atoms with Crippen molar-refractivity contribution in [1.82, 2.24) is 20.0 Å². The number of rotatable bonds is 5. The predicted octanol–water partition coefficient (Wildman–Crippen LogP) is 4.41. The molecule has 4 heterocycles. The van der Waals surface area contributed by atoms with Gasteiger partial charge in [-0.3, -0.25) is 39.1 Å². The standard InChI is InChI=1S/C36H35FN4O5/c37-28-7-2-1-4-26(28)33(44)40-20-16-36(17-21-40)14-18-39(19-15-36)22-23-8-10-24(11-9-23)25-5-3-6-27-31(25)35(46)41(34(27)45)29-12-13-30(42)38-32(29)43/h1-11,29H,12-22H2,(H,38,42,43). The third-order valence-electron chi connectivity index (χ3n) is 10.3. The van der Waals surface area contributed by atoms with Crippen LogP contribution >= 0.6 is 0 Å². The molecule has 9 nitrogen and oxygen atoms in total. The zero-order valence-electron chi connectivity index (χ0n) is 25.5. The molecule has 4 aliphatic heterocycles. The Morgan fingerprint density at radius 2 is 1.48 bits per heavy atom. The van der Waals surface area contributed by atoms with Gasteiger partial charge in [0.1, 0.15) is 11.9 Å². The van der Waals surface area contributed by atoms with Crippen LogP contribution < -0.4 is 5.32 Å². The summed E-state index contributed by atoms with van der Waals surface area (Å²) in [5.41, 5.74) is 3.49. The molecule has 3 saturated heterocycles. The molecule has 7 rings (SSSR count). The number of piperidine rings is 3. The van der Waals surface area contributed by atoms with Crippen molar-refractivity contribution in [1.29, 1.82) is 0 Å². The Morgan fingerprint density at radius 1 is 0.804 bits per heavy atom. The Labute approximate surface area is 266 Å². The van der Waals surface area contributed by atoms with Crippen LogP contribution in [0.3, 0.4) is 0 Å². The van der Waals surface area contributed by atoms with E-state index >= 15 is 0 Å². The highest BCUT2D eigenvalue weighted by Crippen LogP contribution is 2.42. The number of benzene rings is 3. The van der Waals surface area contributed by atoms with Crippen molar-refractivity contribution >= 4 is 29.5 Å². The summed E-state index contributed by atoms with van der Waals surface area (Å²) in [7, 11) is 0. The van der Waals surface area contributed by atoms with Crippen LogP contribution in [0.25, 0.3) is 11.1 Å². The fraction of sp³-hybridized carbons (Fsp3) is 0.361. The van der Waals surface area contributed by atoms with Crippen LogP contribution in [0.15, 0.2) is 66.7 Å². The van der Waals surface area contributed by atoms with E-state index in [0.29, 0.717) is 18.7 Å². The van der Waals surface area contributed by atoms with Crippen molar-refractivity contribution in [3.05, 3.63) is 94.8 Å². The van der Waals surface area contributed by atoms with E-state index in [0.717, 1.165) is 61.3 Å². The number of likely N-dealkylation sites (tertiary alicyclic amines) is 2. The SMILES string of the molecule is O=C1CCC(N2C(=O)c3cccc(-c4ccc(CN5CCC6(CC5)CCN(C(=O)c5ccccc5F)CC6)cc4)c3C2=O)C(=O)N1. The van der Waals surface area contributed by atoms with Crippen molar-refractivity contribution in [3.63, 3.8) is 0 Å². The van der Waals surface area contributed by atoms with E-state index in [1.54, 1.807) is 35.2 Å². The molecule has 46 heavy (non-hydrogen) atoms. The molecule has 10 heteroatoms. The molecule has 1 N–H and O–H groups in total. The highest BCUT2D eigenvalue weighted by Gasteiger charge is 2.45. The minimum absolute atomic E-state index is 0.0762. The number of imide groups is 2. The Bertz CT molecular complexity index is 1740. The van der Waals surface area contributed by atoms with Gasteiger partial charge in [-0.1, -0.05) is 48.5 Å². The van der Waals surface area contributed by atoms with Gasteiger partial charge in [0.05, 0.1) is 16.7 Å². The first-order chi connectivity index (χ1) is 22.2. The third kappa shape index (κ3) is 5.40. The second kappa shape index (κ2) is 11.9. The fourth-order valence-corrected chi connectivity index (χ4v) is 7.48. The van der Waals surface area contributed by atoms with Crippen molar-refractivity contribution in [2.45, 2.75) is 51.1 Å². The van der Waals surface area contributed by atoms with E-state index < -0.39 is 35.5 Å². The first-order valence-electron chi connectivity index (χ1n) is 15.9. The fourth-order valence-electron chi connectivity index (χ4n) is 7.48. The summed E-state index contributed by atoms with van der Waals surface area (Å²) in [4.78, 5) is 68.9. The monoisotopic (exact) mass is 622 g/mol. The zero-order valence-corrected chi connectivity index (χ0v) is 25.5. The number of carbonyl (C=O) groups is 5. The quantitative estimate of drug-likeness (QED) is 0.423. The van der Waals surface area contributed by atoms with Crippen molar-refractivity contribution in [3.8, 4) is 11.1 Å². The number of halogens is 1. The van der Waals surface area contributed by atoms with E-state index in [-0.39, 0.29) is 40.9 Å². The van der Waals surface area contributed by atoms with E-state index in [1.807, 2.05) is 30.3 Å². The first kappa shape index (κ1) is 30.0. The molecule has 0 radical (unpaired) electrons. The first-order valence-corrected chi connectivity index (χ1v) is 15.9. The molecule has 4 aliphatic rings. The zero-order chi connectivity index (χ0) is 32.0. The van der Waals surface area contributed by atoms with Gasteiger partial charge in [-0.25, -0.2) is 4.39 Å². The lowest BCUT2D eigenvalue weighted by atomic mass is 9.71. The summed E-state index contributed by atoms with van der Waals surface area (Å²) in [6.07, 6.45) is 4.17. The minimum atomic E-state index is -1.00. The lowest BCUT2D eigenvalue weighted by Gasteiger charge is -2.47. The van der Waals surface area contributed by atoms with E-state index in [4.69, 9.17) is 0 Å². The molecule has 3 aromatic rings. The average Bonchev–Trinajstić information content (AvgIpc) is 3.32. The van der Waals surface area contributed by atoms with Crippen LogP contribution in [0.1, 0.15) is 75.2 Å². The second-order valence-electron chi connectivity index (χ2n) is 12.9. The number of hydrogen-bond acceptors (Lipinski definition) is 6. The summed E-state index contributed by atoms with van der Waals surface area (Å²) in [6, 6.07) is 18.4. The van der Waals surface area contributed by atoms with Gasteiger partial charge in [-0.15, -0.1) is 0 Å². The highest BCUT2D eigenvalue weighted by atomic mass is 19.1. The average molecular weight is 623 g/mol. The number of amides is 5. The van der Waals surface area contributed by atoms with E-state index in [9.17, 15) is 28.4 Å². The summed E-state index contributed by atoms with van der Waals surface area (Å²) in [6.45, 7) is 4.01. The van der Waals surface area contributed by atoms with Gasteiger partial charge >= 0.3 is 0 Å². The van der Waals surface area contributed by atoms with Crippen LogP contribution in [0.4, 0.5) is 4.39 Å². The van der Waals surface area contributed by atoms with Gasteiger partial charge in [0.15, 0.2) is 0 Å². The van der Waals surface area contributed by atoms with Crippen LogP contribution in [-0.4, -0.2) is 76.5 Å². The van der Waals surface area contributed by atoms with Gasteiger partial charge in [0.2, 0.25) is 11.8 Å². The normalized spacial score (nSPS) is 21.5. The van der Waals surface area contributed by atoms with Crippen molar-refractivity contribution in [2.75, 3.05) is 26.2 Å². The maximum Gasteiger partial charge on any atom is 0.262 e. The molecular weight excluding hydrogens is 587 g/mol. The Kier molecular flexibility index (Phi) is 7.76. The van der Waals surface area contributed by atoms with Crippen LogP contribution in [0, 0.1) is 11.2 Å². The Balaban J connectivity index is 0.968. The van der Waals surface area contributed by atoms with Crippen LogP contribution in [0.5, 0.6) is 0 Å². The van der Waals surface area contributed by atoms with Crippen molar-refractivity contribution < 1.29 is 28.4 Å². The molecule has 0 saturated carbocycles. The molecule has 5 amide bonds. The van der Waals surface area contributed by atoms with Crippen molar-refractivity contribution in [2.24, 2.45) is 5.41 Å². The lowest BCUT2D eigenvalue weighted by Crippen LogP contribution is -2.54. The number of fused-ring (bicyclic) bond motifs is 1. The summed E-state index contributed by atoms with van der Waals surface area (Å²) < 4.78 is 14.2. The molecule has 1 spiro atoms. The maximum atomic E-state index is 14.2. The van der Waals surface area contributed by atoms with Crippen LogP contribution in [-0.2, 0) is 16.1 Å². The number of nitrogens with zero attached hydrogens (tertiary/aromatic N) is 3. The van der Waals surface area contributed by atoms with Gasteiger partial charge in [-0.2, -0.15) is 0 Å². The van der Waals surface area contributed by atoms with E-state index in [2.05, 4.69) is 10.2 Å².